The van der Waals surface area contributed by atoms with E-state index in [1.807, 2.05) is 0 Å². The van der Waals surface area contributed by atoms with Gasteiger partial charge in [-0.1, -0.05) is 32.9 Å². The minimum absolute atomic E-state index is 0.00446. The van der Waals surface area contributed by atoms with Gasteiger partial charge in [-0.15, -0.1) is 0 Å². The smallest absolute Gasteiger partial charge is 0.211 e. The van der Waals surface area contributed by atoms with Gasteiger partial charge in [0.25, 0.3) is 0 Å². The van der Waals surface area contributed by atoms with Gasteiger partial charge in [0, 0.05) is 11.5 Å². The lowest BCUT2D eigenvalue weighted by molar-refractivity contribution is -0.485. The van der Waals surface area contributed by atoms with Crippen molar-refractivity contribution in [3.63, 3.8) is 0 Å². The van der Waals surface area contributed by atoms with E-state index in [0.29, 0.717) is 5.75 Å². The fourth-order valence-corrected chi connectivity index (χ4v) is 3.55. The molecule has 0 spiro atoms. The number of carbonyl (C=O) groups excluding carboxylic acids is 1. The standard InChI is InChI=1S/C19H31NO5Si/c1-18(2,3)26(6,7)25-14-19(4,13-21)17(12-20(22)23)15-8-10-16(24-5)11-9-15/h8-11,13,17H,12,14H2,1-7H3/t17-,19-/m1/s1. The van der Waals surface area contributed by atoms with Crippen molar-refractivity contribution in [1.82, 2.24) is 0 Å². The molecular weight excluding hydrogens is 350 g/mol. The molecule has 0 saturated carbocycles. The van der Waals surface area contributed by atoms with Crippen molar-refractivity contribution < 1.29 is 18.9 Å². The number of aldehydes is 1. The van der Waals surface area contributed by atoms with Crippen LogP contribution in [0.2, 0.25) is 18.1 Å². The third-order valence-corrected chi connectivity index (χ3v) is 9.94. The zero-order chi connectivity index (χ0) is 20.2. The van der Waals surface area contributed by atoms with E-state index in [1.165, 1.54) is 0 Å². The van der Waals surface area contributed by atoms with Gasteiger partial charge in [-0.25, -0.2) is 0 Å². The van der Waals surface area contributed by atoms with Crippen LogP contribution < -0.4 is 4.74 Å². The number of benzene rings is 1. The third kappa shape index (κ3) is 5.38. The van der Waals surface area contributed by atoms with Crippen LogP contribution in [0.4, 0.5) is 0 Å². The molecule has 26 heavy (non-hydrogen) atoms. The lowest BCUT2D eigenvalue weighted by Crippen LogP contribution is -2.46. The van der Waals surface area contributed by atoms with Gasteiger partial charge in [0.1, 0.15) is 12.0 Å². The van der Waals surface area contributed by atoms with Crippen molar-refractivity contribution in [2.75, 3.05) is 20.3 Å². The minimum Gasteiger partial charge on any atom is -0.497 e. The van der Waals surface area contributed by atoms with Crippen molar-refractivity contribution in [3.8, 4) is 5.75 Å². The molecule has 1 aromatic rings. The Morgan fingerprint density at radius 3 is 2.12 bits per heavy atom. The molecule has 1 rings (SSSR count). The molecule has 0 aliphatic heterocycles. The molecule has 6 nitrogen and oxygen atoms in total. The molecule has 1 aromatic carbocycles. The van der Waals surface area contributed by atoms with E-state index >= 15 is 0 Å². The summed E-state index contributed by atoms with van der Waals surface area (Å²) in [6, 6.07) is 7.06. The van der Waals surface area contributed by atoms with Crippen molar-refractivity contribution in [2.45, 2.75) is 51.7 Å². The third-order valence-electron chi connectivity index (χ3n) is 5.47. The molecule has 0 amide bonds. The highest BCUT2D eigenvalue weighted by Gasteiger charge is 2.43. The lowest BCUT2D eigenvalue weighted by Gasteiger charge is -2.40. The molecule has 0 saturated heterocycles. The Morgan fingerprint density at radius 1 is 1.19 bits per heavy atom. The maximum Gasteiger partial charge on any atom is 0.211 e. The van der Waals surface area contributed by atoms with Crippen LogP contribution in [0.5, 0.6) is 5.75 Å². The fraction of sp³-hybridized carbons (Fsp3) is 0.632. The summed E-state index contributed by atoms with van der Waals surface area (Å²) in [5.41, 5.74) is -0.257. The number of carbonyl (C=O) groups is 1. The summed E-state index contributed by atoms with van der Waals surface area (Å²) in [5.74, 6) is 0.0876. The number of rotatable bonds is 9. The Bertz CT molecular complexity index is 624. The van der Waals surface area contributed by atoms with Crippen LogP contribution in [0, 0.1) is 15.5 Å². The summed E-state index contributed by atoms with van der Waals surface area (Å²) in [6.07, 6.45) is 0.804. The first-order chi connectivity index (χ1) is 11.9. The SMILES string of the molecule is COc1ccc([C@@H](C[N+](=O)[O-])[C@](C)(C=O)CO[Si](C)(C)C(C)(C)C)cc1. The zero-order valence-corrected chi connectivity index (χ0v) is 17.9. The first-order valence-corrected chi connectivity index (χ1v) is 11.6. The van der Waals surface area contributed by atoms with Crippen LogP contribution in [-0.4, -0.2) is 39.8 Å². The van der Waals surface area contributed by atoms with E-state index < -0.39 is 19.7 Å². The van der Waals surface area contributed by atoms with Gasteiger partial charge in [-0.05, 0) is 42.8 Å². The summed E-state index contributed by atoms with van der Waals surface area (Å²) >= 11 is 0. The molecule has 0 radical (unpaired) electrons. The van der Waals surface area contributed by atoms with Crippen LogP contribution in [0.25, 0.3) is 0 Å². The van der Waals surface area contributed by atoms with Gasteiger partial charge < -0.3 is 14.0 Å². The highest BCUT2D eigenvalue weighted by Crippen LogP contribution is 2.40. The Labute approximate surface area is 157 Å². The quantitative estimate of drug-likeness (QED) is 0.276. The number of hydrogen-bond acceptors (Lipinski definition) is 5. The van der Waals surface area contributed by atoms with Gasteiger partial charge in [-0.3, -0.25) is 10.1 Å². The molecule has 0 N–H and O–H groups in total. The van der Waals surface area contributed by atoms with E-state index in [0.717, 1.165) is 11.8 Å². The molecule has 0 fully saturated rings. The van der Waals surface area contributed by atoms with Crippen LogP contribution in [-0.2, 0) is 9.22 Å². The Morgan fingerprint density at radius 2 is 1.73 bits per heavy atom. The minimum atomic E-state index is -2.08. The molecule has 7 heteroatoms. The number of hydrogen-bond donors (Lipinski definition) is 0. The van der Waals surface area contributed by atoms with Crippen molar-refractivity contribution >= 4 is 14.6 Å². The van der Waals surface area contributed by atoms with Crippen LogP contribution in [0.15, 0.2) is 24.3 Å². The first kappa shape index (κ1) is 22.3. The van der Waals surface area contributed by atoms with Gasteiger partial charge in [0.05, 0.1) is 18.4 Å². The maximum atomic E-state index is 12.0. The molecule has 0 aromatic heterocycles. The van der Waals surface area contributed by atoms with Crippen LogP contribution in [0.1, 0.15) is 39.2 Å². The summed E-state index contributed by atoms with van der Waals surface area (Å²) in [6.45, 7) is 12.1. The van der Waals surface area contributed by atoms with Crippen LogP contribution >= 0.6 is 0 Å². The van der Waals surface area contributed by atoms with Crippen molar-refractivity contribution in [2.24, 2.45) is 5.41 Å². The predicted molar refractivity (Wildman–Crippen MR) is 105 cm³/mol. The van der Waals surface area contributed by atoms with Gasteiger partial charge in [0.2, 0.25) is 6.54 Å². The first-order valence-electron chi connectivity index (χ1n) is 8.72. The molecule has 0 unspecified atom stereocenters. The largest absolute Gasteiger partial charge is 0.497 e. The van der Waals surface area contributed by atoms with Gasteiger partial charge in [-0.2, -0.15) is 0 Å². The molecule has 146 valence electrons. The molecule has 0 heterocycles. The van der Waals surface area contributed by atoms with E-state index in [9.17, 15) is 14.9 Å². The molecule has 0 aliphatic carbocycles. The second kappa shape index (κ2) is 8.31. The Balaban J connectivity index is 3.17. The molecule has 0 aliphatic rings. The average Bonchev–Trinajstić information content (AvgIpc) is 2.56. The number of nitrogens with zero attached hydrogens (tertiary/aromatic N) is 1. The topological polar surface area (TPSA) is 78.7 Å². The van der Waals surface area contributed by atoms with E-state index in [4.69, 9.17) is 9.16 Å². The normalized spacial score (nSPS) is 15.8. The summed E-state index contributed by atoms with van der Waals surface area (Å²) in [7, 11) is -0.520. The Kier molecular flexibility index (Phi) is 7.13. The monoisotopic (exact) mass is 381 g/mol. The number of nitro groups is 1. The van der Waals surface area contributed by atoms with E-state index in [-0.39, 0.29) is 23.1 Å². The zero-order valence-electron chi connectivity index (χ0n) is 16.9. The van der Waals surface area contributed by atoms with Crippen molar-refractivity contribution in [3.05, 3.63) is 39.9 Å². The van der Waals surface area contributed by atoms with Crippen LogP contribution in [0.3, 0.4) is 0 Å². The number of ether oxygens (including phenoxy) is 1. The summed E-state index contributed by atoms with van der Waals surface area (Å²) in [5, 5.41) is 11.3. The highest BCUT2D eigenvalue weighted by atomic mass is 28.4. The van der Waals surface area contributed by atoms with Gasteiger partial charge >= 0.3 is 0 Å². The maximum absolute atomic E-state index is 12.0. The predicted octanol–water partition coefficient (Wildman–Crippen LogP) is 4.28. The molecular formula is C19H31NO5Si. The highest BCUT2D eigenvalue weighted by molar-refractivity contribution is 6.74. The molecule has 2 atom stereocenters. The van der Waals surface area contributed by atoms with E-state index in [2.05, 4.69) is 33.9 Å². The molecule has 0 bridgehead atoms. The summed E-state index contributed by atoms with van der Waals surface area (Å²) in [4.78, 5) is 22.9. The average molecular weight is 382 g/mol. The lowest BCUT2D eigenvalue weighted by atomic mass is 9.75. The fourth-order valence-electron chi connectivity index (χ4n) is 2.45. The number of methoxy groups -OCH3 is 1. The van der Waals surface area contributed by atoms with Gasteiger partial charge in [0.15, 0.2) is 8.32 Å². The van der Waals surface area contributed by atoms with E-state index in [1.54, 1.807) is 38.3 Å². The second-order valence-corrected chi connectivity index (χ2v) is 13.3. The van der Waals surface area contributed by atoms with Crippen molar-refractivity contribution in [1.29, 1.82) is 0 Å². The Hall–Kier alpha value is -1.73. The second-order valence-electron chi connectivity index (χ2n) is 8.51. The summed E-state index contributed by atoms with van der Waals surface area (Å²) < 4.78 is 11.4.